The zero-order chi connectivity index (χ0) is 15.1. The molecule has 2 unspecified atom stereocenters. The number of amides is 3. The second kappa shape index (κ2) is 4.85. The molecular weight excluding hydrogens is 276 g/mol. The van der Waals surface area contributed by atoms with E-state index in [0.717, 1.165) is 0 Å². The molecule has 2 heterocycles. The highest BCUT2D eigenvalue weighted by Gasteiger charge is 2.46. The maximum atomic E-state index is 12.5. The SMILES string of the molecule is COC1c2cccc(O)c2C(=O)N1C1CCC(=O)NC1=O. The molecule has 110 valence electrons. The summed E-state index contributed by atoms with van der Waals surface area (Å²) < 4.78 is 5.33. The summed E-state index contributed by atoms with van der Waals surface area (Å²) in [5.41, 5.74) is 0.668. The van der Waals surface area contributed by atoms with Crippen LogP contribution in [0.2, 0.25) is 0 Å². The maximum absolute atomic E-state index is 12.5. The van der Waals surface area contributed by atoms with E-state index in [0.29, 0.717) is 5.56 Å². The number of rotatable bonds is 2. The van der Waals surface area contributed by atoms with Crippen molar-refractivity contribution in [1.29, 1.82) is 0 Å². The molecule has 1 saturated heterocycles. The van der Waals surface area contributed by atoms with Crippen molar-refractivity contribution in [1.82, 2.24) is 10.2 Å². The molecule has 0 radical (unpaired) electrons. The molecular formula is C14H14N2O5. The lowest BCUT2D eigenvalue weighted by molar-refractivity contribution is -0.140. The lowest BCUT2D eigenvalue weighted by Crippen LogP contribution is -2.53. The summed E-state index contributed by atoms with van der Waals surface area (Å²) >= 11 is 0. The molecule has 0 aromatic heterocycles. The van der Waals surface area contributed by atoms with Crippen molar-refractivity contribution in [2.45, 2.75) is 25.1 Å². The number of nitrogens with zero attached hydrogens (tertiary/aromatic N) is 1. The minimum Gasteiger partial charge on any atom is -0.507 e. The van der Waals surface area contributed by atoms with Crippen LogP contribution < -0.4 is 5.32 Å². The number of hydrogen-bond acceptors (Lipinski definition) is 5. The predicted molar refractivity (Wildman–Crippen MR) is 70.2 cm³/mol. The molecule has 3 amide bonds. The van der Waals surface area contributed by atoms with Gasteiger partial charge in [0.25, 0.3) is 5.91 Å². The lowest BCUT2D eigenvalue weighted by atomic mass is 10.0. The summed E-state index contributed by atoms with van der Waals surface area (Å²) in [6, 6.07) is 3.92. The first kappa shape index (κ1) is 13.6. The average molecular weight is 290 g/mol. The summed E-state index contributed by atoms with van der Waals surface area (Å²) in [6.07, 6.45) is -0.340. The standard InChI is InChI=1S/C14H14N2O5/c1-21-14-7-3-2-4-9(17)11(7)13(20)16(14)8-5-6-10(18)15-12(8)19/h2-4,8,14,17H,5-6H2,1H3,(H,15,18,19). The number of nitrogens with one attached hydrogen (secondary N) is 1. The van der Waals surface area contributed by atoms with Crippen LogP contribution in [-0.2, 0) is 14.3 Å². The van der Waals surface area contributed by atoms with Gasteiger partial charge in [-0.1, -0.05) is 12.1 Å². The van der Waals surface area contributed by atoms with Gasteiger partial charge in [-0.2, -0.15) is 0 Å². The number of piperidine rings is 1. The first-order valence-electron chi connectivity index (χ1n) is 6.55. The normalized spacial score (nSPS) is 25.0. The topological polar surface area (TPSA) is 95.9 Å². The quantitative estimate of drug-likeness (QED) is 0.764. The number of benzene rings is 1. The van der Waals surface area contributed by atoms with Gasteiger partial charge in [-0.15, -0.1) is 0 Å². The van der Waals surface area contributed by atoms with Crippen LogP contribution in [0.3, 0.4) is 0 Å². The highest BCUT2D eigenvalue weighted by atomic mass is 16.5. The van der Waals surface area contributed by atoms with Gasteiger partial charge >= 0.3 is 0 Å². The molecule has 3 rings (SSSR count). The molecule has 2 aliphatic heterocycles. The predicted octanol–water partition coefficient (Wildman–Crippen LogP) is 0.298. The zero-order valence-corrected chi connectivity index (χ0v) is 11.3. The van der Waals surface area contributed by atoms with Crippen LogP contribution in [0.1, 0.15) is 35.0 Å². The van der Waals surface area contributed by atoms with E-state index in [-0.39, 0.29) is 30.1 Å². The molecule has 0 spiro atoms. The molecule has 1 aromatic carbocycles. The van der Waals surface area contributed by atoms with Crippen LogP contribution in [0.25, 0.3) is 0 Å². The molecule has 1 fully saturated rings. The molecule has 0 bridgehead atoms. The van der Waals surface area contributed by atoms with Crippen molar-refractivity contribution in [3.63, 3.8) is 0 Å². The van der Waals surface area contributed by atoms with E-state index in [1.165, 1.54) is 18.1 Å². The molecule has 7 heteroatoms. The molecule has 2 aliphatic rings. The van der Waals surface area contributed by atoms with Crippen molar-refractivity contribution in [2.75, 3.05) is 7.11 Å². The number of methoxy groups -OCH3 is 1. The van der Waals surface area contributed by atoms with Gasteiger partial charge < -0.3 is 9.84 Å². The Balaban J connectivity index is 2.01. The molecule has 0 saturated carbocycles. The Morgan fingerprint density at radius 2 is 2.10 bits per heavy atom. The van der Waals surface area contributed by atoms with Crippen LogP contribution in [0.4, 0.5) is 0 Å². The second-order valence-electron chi connectivity index (χ2n) is 5.01. The highest BCUT2D eigenvalue weighted by Crippen LogP contribution is 2.40. The third-order valence-corrected chi connectivity index (χ3v) is 3.81. The second-order valence-corrected chi connectivity index (χ2v) is 5.01. The summed E-state index contributed by atoms with van der Waals surface area (Å²) in [5.74, 6) is -1.48. The van der Waals surface area contributed by atoms with Crippen LogP contribution in [-0.4, -0.2) is 40.9 Å². The Morgan fingerprint density at radius 1 is 1.33 bits per heavy atom. The van der Waals surface area contributed by atoms with Gasteiger partial charge in [0.15, 0.2) is 6.23 Å². The minimum atomic E-state index is -0.785. The van der Waals surface area contributed by atoms with E-state index < -0.39 is 24.1 Å². The number of ether oxygens (including phenoxy) is 1. The van der Waals surface area contributed by atoms with Crippen molar-refractivity contribution in [2.24, 2.45) is 0 Å². The van der Waals surface area contributed by atoms with Crippen LogP contribution in [0.15, 0.2) is 18.2 Å². The Hall–Kier alpha value is -2.41. The van der Waals surface area contributed by atoms with Crippen molar-refractivity contribution in [3.05, 3.63) is 29.3 Å². The van der Waals surface area contributed by atoms with Crippen molar-refractivity contribution >= 4 is 17.7 Å². The molecule has 0 aliphatic carbocycles. The Kier molecular flexibility index (Phi) is 3.13. The first-order valence-corrected chi connectivity index (χ1v) is 6.55. The Bertz CT molecular complexity index is 642. The lowest BCUT2D eigenvalue weighted by Gasteiger charge is -2.33. The number of aromatic hydroxyl groups is 1. The van der Waals surface area contributed by atoms with E-state index in [1.807, 2.05) is 0 Å². The highest BCUT2D eigenvalue weighted by molar-refractivity contribution is 6.06. The zero-order valence-electron chi connectivity index (χ0n) is 11.3. The summed E-state index contributed by atoms with van der Waals surface area (Å²) in [6.45, 7) is 0. The Morgan fingerprint density at radius 3 is 2.76 bits per heavy atom. The fraction of sp³-hybridized carbons (Fsp3) is 0.357. The fourth-order valence-electron chi connectivity index (χ4n) is 2.87. The molecule has 2 N–H and O–H groups in total. The van der Waals surface area contributed by atoms with E-state index in [2.05, 4.69) is 5.32 Å². The van der Waals surface area contributed by atoms with Gasteiger partial charge in [-0.25, -0.2) is 0 Å². The smallest absolute Gasteiger partial charge is 0.261 e. The minimum absolute atomic E-state index is 0.144. The summed E-state index contributed by atoms with van der Waals surface area (Å²) in [7, 11) is 1.43. The van der Waals surface area contributed by atoms with E-state index in [4.69, 9.17) is 4.74 Å². The molecule has 7 nitrogen and oxygen atoms in total. The van der Waals surface area contributed by atoms with Crippen LogP contribution in [0.5, 0.6) is 5.75 Å². The van der Waals surface area contributed by atoms with Gasteiger partial charge in [0.2, 0.25) is 11.8 Å². The number of carbonyl (C=O) groups is 3. The number of fused-ring (bicyclic) bond motifs is 1. The van der Waals surface area contributed by atoms with Gasteiger partial charge in [0.1, 0.15) is 11.8 Å². The van der Waals surface area contributed by atoms with Crippen LogP contribution >= 0.6 is 0 Å². The Labute approximate surface area is 120 Å². The van der Waals surface area contributed by atoms with E-state index in [1.54, 1.807) is 12.1 Å². The number of carbonyl (C=O) groups excluding carboxylic acids is 3. The number of phenolic OH excluding ortho intramolecular Hbond substituents is 1. The average Bonchev–Trinajstić information content (AvgIpc) is 2.73. The van der Waals surface area contributed by atoms with Gasteiger partial charge in [0, 0.05) is 19.1 Å². The molecule has 1 aromatic rings. The largest absolute Gasteiger partial charge is 0.507 e. The molecule has 21 heavy (non-hydrogen) atoms. The maximum Gasteiger partial charge on any atom is 0.261 e. The number of phenols is 1. The third kappa shape index (κ3) is 1.97. The van der Waals surface area contributed by atoms with Gasteiger partial charge in [0.05, 0.1) is 5.56 Å². The van der Waals surface area contributed by atoms with Crippen molar-refractivity contribution < 1.29 is 24.2 Å². The fourth-order valence-corrected chi connectivity index (χ4v) is 2.87. The third-order valence-electron chi connectivity index (χ3n) is 3.81. The van der Waals surface area contributed by atoms with Crippen molar-refractivity contribution in [3.8, 4) is 5.75 Å². The first-order chi connectivity index (χ1) is 10.0. The van der Waals surface area contributed by atoms with Crippen LogP contribution in [0, 0.1) is 0 Å². The monoisotopic (exact) mass is 290 g/mol. The number of imide groups is 1. The molecule has 2 atom stereocenters. The van der Waals surface area contributed by atoms with E-state index >= 15 is 0 Å². The summed E-state index contributed by atoms with van der Waals surface area (Å²) in [4.78, 5) is 37.0. The summed E-state index contributed by atoms with van der Waals surface area (Å²) in [5, 5.41) is 12.1. The van der Waals surface area contributed by atoms with E-state index in [9.17, 15) is 19.5 Å². The number of hydrogen-bond donors (Lipinski definition) is 2. The van der Waals surface area contributed by atoms with Gasteiger partial charge in [-0.3, -0.25) is 24.6 Å². The van der Waals surface area contributed by atoms with Gasteiger partial charge in [-0.05, 0) is 12.5 Å².